The lowest BCUT2D eigenvalue weighted by Crippen LogP contribution is -2.48. The summed E-state index contributed by atoms with van der Waals surface area (Å²) in [5.41, 5.74) is 0.169. The summed E-state index contributed by atoms with van der Waals surface area (Å²) in [6.07, 6.45) is 0.289. The van der Waals surface area contributed by atoms with Crippen LogP contribution in [0.3, 0.4) is 0 Å². The van der Waals surface area contributed by atoms with Crippen LogP contribution in [0.25, 0.3) is 0 Å². The molecule has 0 saturated heterocycles. The van der Waals surface area contributed by atoms with Crippen LogP contribution in [0, 0.1) is 0 Å². The van der Waals surface area contributed by atoms with Gasteiger partial charge in [0.05, 0.1) is 6.10 Å². The minimum atomic E-state index is 0.169. The van der Waals surface area contributed by atoms with Gasteiger partial charge in [-0.25, -0.2) is 0 Å². The molecule has 0 rings (SSSR count). The van der Waals surface area contributed by atoms with Crippen molar-refractivity contribution < 1.29 is 4.74 Å². The molecule has 0 spiro atoms. The zero-order valence-electron chi connectivity index (χ0n) is 9.61. The van der Waals surface area contributed by atoms with Gasteiger partial charge in [0.1, 0.15) is 0 Å². The van der Waals surface area contributed by atoms with E-state index in [1.54, 1.807) is 7.11 Å². The summed E-state index contributed by atoms with van der Waals surface area (Å²) in [5, 5.41) is 6.78. The van der Waals surface area contributed by atoms with E-state index in [-0.39, 0.29) is 11.6 Å². The minimum absolute atomic E-state index is 0.169. The van der Waals surface area contributed by atoms with Crippen molar-refractivity contribution in [3.63, 3.8) is 0 Å². The Kier molecular flexibility index (Phi) is 6.29. The van der Waals surface area contributed by atoms with Gasteiger partial charge in [-0.05, 0) is 27.3 Å². The number of likely N-dealkylation sites (N-methyl/N-ethyl adjacent to an activating group) is 1. The zero-order valence-corrected chi connectivity index (χ0v) is 9.61. The van der Waals surface area contributed by atoms with Crippen LogP contribution >= 0.6 is 0 Å². The first-order chi connectivity index (χ1) is 6.02. The van der Waals surface area contributed by atoms with E-state index < -0.39 is 0 Å². The van der Waals surface area contributed by atoms with E-state index in [0.717, 1.165) is 19.6 Å². The van der Waals surface area contributed by atoms with Gasteiger partial charge in [0.15, 0.2) is 0 Å². The first-order valence-corrected chi connectivity index (χ1v) is 5.00. The first kappa shape index (κ1) is 12.9. The lowest BCUT2D eigenvalue weighted by Gasteiger charge is -2.26. The predicted molar refractivity (Wildman–Crippen MR) is 57.1 cm³/mol. The Hall–Kier alpha value is -0.120. The molecule has 1 atom stereocenters. The molecule has 0 aliphatic heterocycles. The van der Waals surface area contributed by atoms with Gasteiger partial charge in [-0.1, -0.05) is 6.92 Å². The van der Waals surface area contributed by atoms with Gasteiger partial charge in [0.25, 0.3) is 0 Å². The van der Waals surface area contributed by atoms with Gasteiger partial charge >= 0.3 is 0 Å². The van der Waals surface area contributed by atoms with E-state index in [4.69, 9.17) is 4.74 Å². The number of hydrogen-bond donors (Lipinski definition) is 2. The van der Waals surface area contributed by atoms with Gasteiger partial charge in [-0.2, -0.15) is 0 Å². The SMILES string of the molecule is CCNC(C)(C)CNCC(C)OC. The highest BCUT2D eigenvalue weighted by atomic mass is 16.5. The van der Waals surface area contributed by atoms with Crippen molar-refractivity contribution in [3.05, 3.63) is 0 Å². The van der Waals surface area contributed by atoms with E-state index in [1.807, 2.05) is 0 Å². The highest BCUT2D eigenvalue weighted by molar-refractivity contribution is 4.79. The summed E-state index contributed by atoms with van der Waals surface area (Å²) in [7, 11) is 1.74. The zero-order chi connectivity index (χ0) is 10.3. The van der Waals surface area contributed by atoms with Crippen LogP contribution < -0.4 is 10.6 Å². The van der Waals surface area contributed by atoms with Gasteiger partial charge in [-0.3, -0.25) is 0 Å². The number of methoxy groups -OCH3 is 1. The second kappa shape index (κ2) is 6.35. The molecule has 0 saturated carbocycles. The molecule has 80 valence electrons. The number of rotatable bonds is 7. The largest absolute Gasteiger partial charge is 0.380 e. The summed E-state index contributed by atoms with van der Waals surface area (Å²) in [6.45, 7) is 11.5. The summed E-state index contributed by atoms with van der Waals surface area (Å²) in [4.78, 5) is 0. The molecule has 0 aromatic heterocycles. The maximum atomic E-state index is 5.14. The van der Waals surface area contributed by atoms with Crippen molar-refractivity contribution in [2.24, 2.45) is 0 Å². The number of hydrogen-bond acceptors (Lipinski definition) is 3. The third-order valence-electron chi connectivity index (χ3n) is 2.06. The van der Waals surface area contributed by atoms with Gasteiger partial charge < -0.3 is 15.4 Å². The van der Waals surface area contributed by atoms with E-state index in [2.05, 4.69) is 38.3 Å². The van der Waals surface area contributed by atoms with Crippen LogP contribution in [-0.4, -0.2) is 38.4 Å². The topological polar surface area (TPSA) is 33.3 Å². The Labute approximate surface area is 82.2 Å². The average molecular weight is 188 g/mol. The molecule has 0 radical (unpaired) electrons. The number of ether oxygens (including phenoxy) is 1. The fraction of sp³-hybridized carbons (Fsp3) is 1.00. The molecule has 0 aromatic rings. The fourth-order valence-electron chi connectivity index (χ4n) is 1.21. The Morgan fingerprint density at radius 1 is 1.38 bits per heavy atom. The summed E-state index contributed by atoms with van der Waals surface area (Å²) in [6, 6.07) is 0. The monoisotopic (exact) mass is 188 g/mol. The molecule has 1 unspecified atom stereocenters. The molecule has 0 aromatic carbocycles. The van der Waals surface area contributed by atoms with Gasteiger partial charge in [0, 0.05) is 25.7 Å². The molecule has 0 amide bonds. The van der Waals surface area contributed by atoms with E-state index in [9.17, 15) is 0 Å². The maximum Gasteiger partial charge on any atom is 0.0667 e. The highest BCUT2D eigenvalue weighted by Gasteiger charge is 2.14. The van der Waals surface area contributed by atoms with E-state index in [0.29, 0.717) is 0 Å². The van der Waals surface area contributed by atoms with E-state index >= 15 is 0 Å². The molecule has 2 N–H and O–H groups in total. The molecule has 0 fully saturated rings. The fourth-order valence-corrected chi connectivity index (χ4v) is 1.21. The second-order valence-electron chi connectivity index (χ2n) is 4.09. The molecule has 13 heavy (non-hydrogen) atoms. The van der Waals surface area contributed by atoms with Crippen molar-refractivity contribution in [1.29, 1.82) is 0 Å². The maximum absolute atomic E-state index is 5.14. The average Bonchev–Trinajstić information content (AvgIpc) is 2.03. The van der Waals surface area contributed by atoms with Crippen LogP contribution in [-0.2, 0) is 4.74 Å². The number of nitrogens with one attached hydrogen (secondary N) is 2. The molecule has 0 heterocycles. The molecule has 0 bridgehead atoms. The van der Waals surface area contributed by atoms with Gasteiger partial charge in [-0.15, -0.1) is 0 Å². The Morgan fingerprint density at radius 3 is 2.46 bits per heavy atom. The summed E-state index contributed by atoms with van der Waals surface area (Å²) < 4.78 is 5.14. The quantitative estimate of drug-likeness (QED) is 0.625. The van der Waals surface area contributed by atoms with Gasteiger partial charge in [0.2, 0.25) is 0 Å². The predicted octanol–water partition coefficient (Wildman–Crippen LogP) is 0.999. The molecule has 3 nitrogen and oxygen atoms in total. The standard InChI is InChI=1S/C10H24N2O/c1-6-12-10(3,4)8-11-7-9(2)13-5/h9,11-12H,6-8H2,1-5H3. The molecule has 3 heteroatoms. The van der Waals surface area contributed by atoms with Crippen molar-refractivity contribution in [2.75, 3.05) is 26.7 Å². The van der Waals surface area contributed by atoms with E-state index in [1.165, 1.54) is 0 Å². The summed E-state index contributed by atoms with van der Waals surface area (Å²) >= 11 is 0. The molecule has 0 aliphatic carbocycles. The van der Waals surface area contributed by atoms with Crippen LogP contribution in [0.1, 0.15) is 27.7 Å². The highest BCUT2D eigenvalue weighted by Crippen LogP contribution is 1.98. The Bertz CT molecular complexity index is 126. The smallest absolute Gasteiger partial charge is 0.0667 e. The lowest BCUT2D eigenvalue weighted by molar-refractivity contribution is 0.115. The van der Waals surface area contributed by atoms with Crippen molar-refractivity contribution in [2.45, 2.75) is 39.3 Å². The second-order valence-corrected chi connectivity index (χ2v) is 4.09. The summed E-state index contributed by atoms with van der Waals surface area (Å²) in [5.74, 6) is 0. The molecular weight excluding hydrogens is 164 g/mol. The lowest BCUT2D eigenvalue weighted by atomic mass is 10.1. The first-order valence-electron chi connectivity index (χ1n) is 5.00. The normalized spacial score (nSPS) is 14.5. The third-order valence-corrected chi connectivity index (χ3v) is 2.06. The molecule has 0 aliphatic rings. The molecular formula is C10H24N2O. The van der Waals surface area contributed by atoms with Crippen molar-refractivity contribution in [1.82, 2.24) is 10.6 Å². The van der Waals surface area contributed by atoms with Crippen molar-refractivity contribution in [3.8, 4) is 0 Å². The minimum Gasteiger partial charge on any atom is -0.380 e. The van der Waals surface area contributed by atoms with Crippen molar-refractivity contribution >= 4 is 0 Å². The van der Waals surface area contributed by atoms with Crippen LogP contribution in [0.5, 0.6) is 0 Å². The van der Waals surface area contributed by atoms with Crippen LogP contribution in [0.15, 0.2) is 0 Å². The Balaban J connectivity index is 3.50. The Morgan fingerprint density at radius 2 is 2.00 bits per heavy atom. The van der Waals surface area contributed by atoms with Crippen LogP contribution in [0.4, 0.5) is 0 Å². The van der Waals surface area contributed by atoms with Crippen LogP contribution in [0.2, 0.25) is 0 Å². The third kappa shape index (κ3) is 6.99.